The maximum atomic E-state index is 3.63. The number of allylic oxidation sites excluding steroid dienone is 1. The molecule has 0 fully saturated rings. The lowest BCUT2D eigenvalue weighted by atomic mass is 10.2. The molecule has 0 aromatic heterocycles. The molecule has 0 amide bonds. The maximum absolute atomic E-state index is 3.63. The number of unbranched alkanes of at least 4 members (excludes halogenated alkanes) is 3. The maximum Gasteiger partial charge on any atom is -0.0353 e. The molecule has 0 saturated carbocycles. The molecule has 0 spiro atoms. The predicted octanol–water partition coefficient (Wildman–Crippen LogP) is 1.93. The Morgan fingerprint density at radius 2 is 2.00 bits per heavy atom. The van der Waals surface area contributed by atoms with Crippen molar-refractivity contribution in [3.05, 3.63) is 12.7 Å². The van der Waals surface area contributed by atoms with Gasteiger partial charge in [0.15, 0.2) is 0 Å². The third kappa shape index (κ3) is 9.20. The van der Waals surface area contributed by atoms with Gasteiger partial charge in [-0.25, -0.2) is 0 Å². The molecule has 2 N–H and O–H groups in total. The van der Waals surface area contributed by atoms with E-state index in [0.29, 0.717) is 0 Å². The first kappa shape index (κ1) is 10.6. The molecule has 0 aromatic carbocycles. The molecule has 8 heavy (non-hydrogen) atoms. The van der Waals surface area contributed by atoms with Crippen molar-refractivity contribution < 1.29 is 5.48 Å². The summed E-state index contributed by atoms with van der Waals surface area (Å²) in [4.78, 5) is 0. The lowest BCUT2D eigenvalue weighted by Gasteiger charge is -1.87. The van der Waals surface area contributed by atoms with E-state index in [4.69, 9.17) is 0 Å². The zero-order chi connectivity index (χ0) is 5.54. The van der Waals surface area contributed by atoms with Gasteiger partial charge in [0, 0.05) is 0 Å². The Morgan fingerprint density at radius 1 is 1.38 bits per heavy atom. The molecule has 0 saturated heterocycles. The van der Waals surface area contributed by atoms with Crippen molar-refractivity contribution in [2.24, 2.45) is 0 Å². The van der Waals surface area contributed by atoms with Gasteiger partial charge in [-0.3, -0.25) is 0 Å². The summed E-state index contributed by atoms with van der Waals surface area (Å²) in [7, 11) is 0. The molecule has 1 heteroatoms. The monoisotopic (exact) mass is 116 g/mol. The van der Waals surface area contributed by atoms with Gasteiger partial charge in [-0.2, -0.15) is 0 Å². The zero-order valence-electron chi connectivity index (χ0n) is 5.61. The Balaban J connectivity index is 0. The lowest BCUT2D eigenvalue weighted by molar-refractivity contribution is 0.730. The predicted molar refractivity (Wildman–Crippen MR) is 38.0 cm³/mol. The second-order valence-electron chi connectivity index (χ2n) is 1.78. The van der Waals surface area contributed by atoms with E-state index >= 15 is 0 Å². The minimum atomic E-state index is 0. The van der Waals surface area contributed by atoms with Crippen LogP contribution < -0.4 is 0 Å². The molecule has 0 aliphatic heterocycles. The molecule has 0 aliphatic rings. The van der Waals surface area contributed by atoms with E-state index in [1.165, 1.54) is 25.7 Å². The third-order valence-electron chi connectivity index (χ3n) is 1.01. The molecule has 0 rings (SSSR count). The van der Waals surface area contributed by atoms with E-state index in [-0.39, 0.29) is 5.48 Å². The Hall–Kier alpha value is -0.300. The highest BCUT2D eigenvalue weighted by Gasteiger charge is 1.77. The minimum absolute atomic E-state index is 0. The van der Waals surface area contributed by atoms with Crippen molar-refractivity contribution in [3.8, 4) is 0 Å². The van der Waals surface area contributed by atoms with Crippen LogP contribution in [0.3, 0.4) is 0 Å². The van der Waals surface area contributed by atoms with E-state index in [0.717, 1.165) is 0 Å². The number of hydrogen-bond acceptors (Lipinski definition) is 0. The summed E-state index contributed by atoms with van der Waals surface area (Å²) in [5, 5.41) is 0. The summed E-state index contributed by atoms with van der Waals surface area (Å²) < 4.78 is 0. The quantitative estimate of drug-likeness (QED) is 0.397. The van der Waals surface area contributed by atoms with Crippen LogP contribution in [0.2, 0.25) is 0 Å². The first-order valence-electron chi connectivity index (χ1n) is 3.02. The Labute approximate surface area is 51.7 Å². The van der Waals surface area contributed by atoms with Crippen molar-refractivity contribution in [2.75, 3.05) is 0 Å². The van der Waals surface area contributed by atoms with Gasteiger partial charge in [0.1, 0.15) is 0 Å². The highest BCUT2D eigenvalue weighted by Crippen LogP contribution is 1.97. The lowest BCUT2D eigenvalue weighted by Crippen LogP contribution is -1.67. The van der Waals surface area contributed by atoms with Gasteiger partial charge in [-0.15, -0.1) is 6.58 Å². The second-order valence-corrected chi connectivity index (χ2v) is 1.78. The number of rotatable bonds is 4. The molecule has 0 unspecified atom stereocenters. The first-order chi connectivity index (χ1) is 3.41. The fourth-order valence-electron chi connectivity index (χ4n) is 0.539. The van der Waals surface area contributed by atoms with E-state index < -0.39 is 0 Å². The van der Waals surface area contributed by atoms with Gasteiger partial charge in [-0.05, 0) is 12.8 Å². The summed E-state index contributed by atoms with van der Waals surface area (Å²) in [6.45, 7) is 5.84. The van der Waals surface area contributed by atoms with Crippen LogP contribution in [0.15, 0.2) is 12.7 Å². The summed E-state index contributed by atoms with van der Waals surface area (Å²) in [6, 6.07) is 0. The van der Waals surface area contributed by atoms with Gasteiger partial charge in [-0.1, -0.05) is 25.8 Å². The molecule has 0 aliphatic carbocycles. The molecule has 0 atom stereocenters. The van der Waals surface area contributed by atoms with Gasteiger partial charge >= 0.3 is 0 Å². The normalized spacial score (nSPS) is 7.62. The second kappa shape index (κ2) is 9.85. The van der Waals surface area contributed by atoms with Crippen LogP contribution in [-0.4, -0.2) is 5.48 Å². The average Bonchev–Trinajstić information content (AvgIpc) is 1.69. The fraction of sp³-hybridized carbons (Fsp3) is 0.714. The van der Waals surface area contributed by atoms with Gasteiger partial charge in [0.25, 0.3) is 0 Å². The average molecular weight is 116 g/mol. The molecular weight excluding hydrogens is 100 g/mol. The standard InChI is InChI=1S/C7H14.H2O/c1-3-5-7-6-4-2;/h3H,1,4-7H2,2H3;1H2. The molecule has 1 nitrogen and oxygen atoms in total. The van der Waals surface area contributed by atoms with Crippen LogP contribution in [-0.2, 0) is 0 Å². The third-order valence-corrected chi connectivity index (χ3v) is 1.01. The van der Waals surface area contributed by atoms with E-state index in [9.17, 15) is 0 Å². The number of hydrogen-bond donors (Lipinski definition) is 0. The van der Waals surface area contributed by atoms with Crippen molar-refractivity contribution in [3.63, 3.8) is 0 Å². The summed E-state index contributed by atoms with van der Waals surface area (Å²) in [5.74, 6) is 0. The highest BCUT2D eigenvalue weighted by molar-refractivity contribution is 4.64. The van der Waals surface area contributed by atoms with E-state index in [1.54, 1.807) is 0 Å². The topological polar surface area (TPSA) is 31.5 Å². The van der Waals surface area contributed by atoms with Gasteiger partial charge in [0.05, 0.1) is 0 Å². The van der Waals surface area contributed by atoms with Gasteiger partial charge in [0.2, 0.25) is 0 Å². The Morgan fingerprint density at radius 3 is 2.38 bits per heavy atom. The fourth-order valence-corrected chi connectivity index (χ4v) is 0.539. The van der Waals surface area contributed by atoms with Crippen LogP contribution in [0.4, 0.5) is 0 Å². The van der Waals surface area contributed by atoms with Crippen LogP contribution in [0.5, 0.6) is 0 Å². The van der Waals surface area contributed by atoms with Crippen molar-refractivity contribution in [2.45, 2.75) is 32.6 Å². The van der Waals surface area contributed by atoms with Crippen LogP contribution in [0, 0.1) is 0 Å². The first-order valence-corrected chi connectivity index (χ1v) is 3.02. The van der Waals surface area contributed by atoms with Gasteiger partial charge < -0.3 is 5.48 Å². The van der Waals surface area contributed by atoms with E-state index in [1.807, 2.05) is 6.08 Å². The smallest absolute Gasteiger partial charge is 0.0353 e. The Kier molecular flexibility index (Phi) is 13.1. The molecule has 0 radical (unpaired) electrons. The molecular formula is C7H16O. The van der Waals surface area contributed by atoms with Crippen LogP contribution in [0.1, 0.15) is 32.6 Å². The summed E-state index contributed by atoms with van der Waals surface area (Å²) in [5.41, 5.74) is 0. The van der Waals surface area contributed by atoms with E-state index in [2.05, 4.69) is 13.5 Å². The van der Waals surface area contributed by atoms with Crippen molar-refractivity contribution in [1.29, 1.82) is 0 Å². The molecule has 50 valence electrons. The zero-order valence-corrected chi connectivity index (χ0v) is 5.61. The minimum Gasteiger partial charge on any atom is -0.412 e. The van der Waals surface area contributed by atoms with Crippen molar-refractivity contribution in [1.82, 2.24) is 0 Å². The summed E-state index contributed by atoms with van der Waals surface area (Å²) in [6.07, 6.45) is 7.16. The molecule has 0 aromatic rings. The molecule has 0 heterocycles. The Bertz CT molecular complexity index is 41.7. The van der Waals surface area contributed by atoms with Crippen LogP contribution >= 0.6 is 0 Å². The summed E-state index contributed by atoms with van der Waals surface area (Å²) >= 11 is 0. The largest absolute Gasteiger partial charge is 0.412 e. The van der Waals surface area contributed by atoms with Crippen molar-refractivity contribution >= 4 is 0 Å². The SMILES string of the molecule is C=CCCCCC.O. The van der Waals surface area contributed by atoms with Crippen LogP contribution in [0.25, 0.3) is 0 Å². The molecule has 0 bridgehead atoms. The highest BCUT2D eigenvalue weighted by atomic mass is 16.0.